The van der Waals surface area contributed by atoms with Gasteiger partial charge >= 0.3 is 0 Å². The number of aryl methyl sites for hydroxylation is 1. The number of rotatable bonds is 5. The standard InChI is InChI=1S/C9H16N4O2/c1-8(14)5-12(2)9(15)3-4-13-7-10-6-11-13/h6-8,14H,3-5H2,1-2H3. The van der Waals surface area contributed by atoms with E-state index in [9.17, 15) is 4.79 Å². The Labute approximate surface area is 88.5 Å². The van der Waals surface area contributed by atoms with Gasteiger partial charge in [-0.05, 0) is 6.92 Å². The molecular weight excluding hydrogens is 196 g/mol. The Bertz CT molecular complexity index is 297. The fourth-order valence-electron chi connectivity index (χ4n) is 1.25. The minimum Gasteiger partial charge on any atom is -0.392 e. The fourth-order valence-corrected chi connectivity index (χ4v) is 1.25. The summed E-state index contributed by atoms with van der Waals surface area (Å²) in [5.41, 5.74) is 0. The summed E-state index contributed by atoms with van der Waals surface area (Å²) in [7, 11) is 1.68. The second kappa shape index (κ2) is 5.45. The molecule has 15 heavy (non-hydrogen) atoms. The van der Waals surface area contributed by atoms with E-state index in [4.69, 9.17) is 5.11 Å². The number of carbonyl (C=O) groups excluding carboxylic acids is 1. The molecule has 1 atom stereocenters. The second-order valence-corrected chi connectivity index (χ2v) is 3.53. The molecule has 0 bridgehead atoms. The van der Waals surface area contributed by atoms with Crippen LogP contribution in [0.4, 0.5) is 0 Å². The summed E-state index contributed by atoms with van der Waals surface area (Å²) in [5.74, 6) is -0.00796. The van der Waals surface area contributed by atoms with E-state index in [1.807, 2.05) is 0 Å². The van der Waals surface area contributed by atoms with Crippen LogP contribution in [0.3, 0.4) is 0 Å². The summed E-state index contributed by atoms with van der Waals surface area (Å²) < 4.78 is 1.61. The number of carbonyl (C=O) groups is 1. The van der Waals surface area contributed by atoms with Crippen LogP contribution in [0.2, 0.25) is 0 Å². The number of nitrogens with zero attached hydrogens (tertiary/aromatic N) is 4. The predicted octanol–water partition coefficient (Wildman–Crippen LogP) is -0.493. The molecule has 1 rings (SSSR count). The zero-order chi connectivity index (χ0) is 11.3. The number of likely N-dealkylation sites (N-methyl/N-ethyl adjacent to an activating group) is 1. The van der Waals surface area contributed by atoms with Gasteiger partial charge in [-0.2, -0.15) is 5.10 Å². The van der Waals surface area contributed by atoms with Gasteiger partial charge in [0.15, 0.2) is 0 Å². The van der Waals surface area contributed by atoms with E-state index >= 15 is 0 Å². The van der Waals surface area contributed by atoms with E-state index in [0.717, 1.165) is 0 Å². The third-order valence-corrected chi connectivity index (χ3v) is 1.99. The maximum Gasteiger partial charge on any atom is 0.224 e. The minimum absolute atomic E-state index is 0.00796. The van der Waals surface area contributed by atoms with E-state index in [1.54, 1.807) is 25.0 Å². The van der Waals surface area contributed by atoms with Gasteiger partial charge in [0.2, 0.25) is 5.91 Å². The highest BCUT2D eigenvalue weighted by atomic mass is 16.3. The number of hydrogen-bond donors (Lipinski definition) is 1. The van der Waals surface area contributed by atoms with E-state index in [2.05, 4.69) is 10.1 Å². The molecule has 1 heterocycles. The molecule has 84 valence electrons. The number of hydrogen-bond acceptors (Lipinski definition) is 4. The molecule has 6 heteroatoms. The molecule has 0 spiro atoms. The molecule has 1 amide bonds. The molecule has 0 saturated carbocycles. The Morgan fingerprint density at radius 2 is 2.40 bits per heavy atom. The molecule has 6 nitrogen and oxygen atoms in total. The van der Waals surface area contributed by atoms with Gasteiger partial charge in [-0.25, -0.2) is 4.98 Å². The van der Waals surface area contributed by atoms with Crippen LogP contribution in [-0.2, 0) is 11.3 Å². The van der Waals surface area contributed by atoms with Gasteiger partial charge in [0.05, 0.1) is 12.6 Å². The lowest BCUT2D eigenvalue weighted by Gasteiger charge is -2.18. The molecule has 0 aliphatic rings. The van der Waals surface area contributed by atoms with Crippen LogP contribution < -0.4 is 0 Å². The largest absolute Gasteiger partial charge is 0.392 e. The third kappa shape index (κ3) is 4.07. The minimum atomic E-state index is -0.495. The van der Waals surface area contributed by atoms with Crippen molar-refractivity contribution >= 4 is 5.91 Å². The topological polar surface area (TPSA) is 71.2 Å². The van der Waals surface area contributed by atoms with Crippen LogP contribution in [-0.4, -0.2) is 50.4 Å². The summed E-state index contributed by atoms with van der Waals surface area (Å²) in [6.07, 6.45) is 2.88. The highest BCUT2D eigenvalue weighted by molar-refractivity contribution is 5.75. The lowest BCUT2D eigenvalue weighted by atomic mass is 10.3. The second-order valence-electron chi connectivity index (χ2n) is 3.53. The highest BCUT2D eigenvalue weighted by Crippen LogP contribution is 1.95. The van der Waals surface area contributed by atoms with Crippen LogP contribution in [0, 0.1) is 0 Å². The van der Waals surface area contributed by atoms with E-state index in [1.165, 1.54) is 11.2 Å². The lowest BCUT2D eigenvalue weighted by molar-refractivity contribution is -0.131. The smallest absolute Gasteiger partial charge is 0.224 e. The van der Waals surface area contributed by atoms with Crippen molar-refractivity contribution in [2.45, 2.75) is 26.0 Å². The Hall–Kier alpha value is -1.43. The average Bonchev–Trinajstić information content (AvgIpc) is 2.65. The Morgan fingerprint density at radius 1 is 1.67 bits per heavy atom. The first kappa shape index (κ1) is 11.6. The number of aliphatic hydroxyl groups excluding tert-OH is 1. The van der Waals surface area contributed by atoms with Gasteiger partial charge in [0.1, 0.15) is 12.7 Å². The Kier molecular flexibility index (Phi) is 4.23. The van der Waals surface area contributed by atoms with Gasteiger partial charge in [-0.1, -0.05) is 0 Å². The van der Waals surface area contributed by atoms with Crippen molar-refractivity contribution in [1.29, 1.82) is 0 Å². The molecule has 0 aliphatic heterocycles. The first-order valence-corrected chi connectivity index (χ1v) is 4.84. The van der Waals surface area contributed by atoms with Crippen LogP contribution in [0.1, 0.15) is 13.3 Å². The van der Waals surface area contributed by atoms with Crippen molar-refractivity contribution in [2.24, 2.45) is 0 Å². The van der Waals surface area contributed by atoms with Gasteiger partial charge in [0, 0.05) is 20.0 Å². The molecule has 1 aromatic rings. The predicted molar refractivity (Wildman–Crippen MR) is 54.0 cm³/mol. The summed E-state index contributed by atoms with van der Waals surface area (Å²) in [4.78, 5) is 16.8. The van der Waals surface area contributed by atoms with Gasteiger partial charge in [-0.3, -0.25) is 9.48 Å². The van der Waals surface area contributed by atoms with Crippen LogP contribution in [0.5, 0.6) is 0 Å². The van der Waals surface area contributed by atoms with Crippen molar-refractivity contribution in [3.63, 3.8) is 0 Å². The Balaban J connectivity index is 2.29. The summed E-state index contributed by atoms with van der Waals surface area (Å²) >= 11 is 0. The average molecular weight is 212 g/mol. The lowest BCUT2D eigenvalue weighted by Crippen LogP contribution is -2.33. The fraction of sp³-hybridized carbons (Fsp3) is 0.667. The number of amides is 1. The van der Waals surface area contributed by atoms with Gasteiger partial charge in [0.25, 0.3) is 0 Å². The maximum atomic E-state index is 11.5. The van der Waals surface area contributed by atoms with Crippen LogP contribution >= 0.6 is 0 Å². The van der Waals surface area contributed by atoms with E-state index < -0.39 is 6.10 Å². The SMILES string of the molecule is CC(O)CN(C)C(=O)CCn1cncn1. The molecule has 0 aliphatic carbocycles. The molecular formula is C9H16N4O2. The molecule has 1 aromatic heterocycles. The molecule has 1 N–H and O–H groups in total. The van der Waals surface area contributed by atoms with Crippen molar-refractivity contribution in [3.05, 3.63) is 12.7 Å². The number of aliphatic hydroxyl groups is 1. The Morgan fingerprint density at radius 3 is 2.93 bits per heavy atom. The van der Waals surface area contributed by atoms with Gasteiger partial charge in [-0.15, -0.1) is 0 Å². The molecule has 0 saturated heterocycles. The van der Waals surface area contributed by atoms with Crippen molar-refractivity contribution < 1.29 is 9.90 Å². The van der Waals surface area contributed by atoms with E-state index in [0.29, 0.717) is 19.5 Å². The maximum absolute atomic E-state index is 11.5. The number of aromatic nitrogens is 3. The van der Waals surface area contributed by atoms with Crippen molar-refractivity contribution in [2.75, 3.05) is 13.6 Å². The normalized spacial score (nSPS) is 12.5. The monoisotopic (exact) mass is 212 g/mol. The zero-order valence-corrected chi connectivity index (χ0v) is 9.00. The van der Waals surface area contributed by atoms with Crippen LogP contribution in [0.15, 0.2) is 12.7 Å². The molecule has 1 unspecified atom stereocenters. The third-order valence-electron chi connectivity index (χ3n) is 1.99. The first-order valence-electron chi connectivity index (χ1n) is 4.84. The molecule has 0 fully saturated rings. The zero-order valence-electron chi connectivity index (χ0n) is 9.00. The summed E-state index contributed by atoms with van der Waals surface area (Å²) in [6.45, 7) is 2.53. The van der Waals surface area contributed by atoms with Crippen molar-refractivity contribution in [1.82, 2.24) is 19.7 Å². The van der Waals surface area contributed by atoms with Gasteiger partial charge < -0.3 is 10.0 Å². The quantitative estimate of drug-likeness (QED) is 0.714. The van der Waals surface area contributed by atoms with E-state index in [-0.39, 0.29) is 5.91 Å². The van der Waals surface area contributed by atoms with Crippen LogP contribution in [0.25, 0.3) is 0 Å². The molecule has 0 radical (unpaired) electrons. The highest BCUT2D eigenvalue weighted by Gasteiger charge is 2.10. The summed E-state index contributed by atoms with van der Waals surface area (Å²) in [6, 6.07) is 0. The summed E-state index contributed by atoms with van der Waals surface area (Å²) in [5, 5.41) is 13.0. The first-order chi connectivity index (χ1) is 7.09. The van der Waals surface area contributed by atoms with Crippen molar-refractivity contribution in [3.8, 4) is 0 Å². The molecule has 0 aromatic carbocycles.